The van der Waals surface area contributed by atoms with Gasteiger partial charge in [0, 0.05) is 23.6 Å². The molecule has 0 unspecified atom stereocenters. The van der Waals surface area contributed by atoms with Gasteiger partial charge in [0.15, 0.2) is 11.5 Å². The number of hydrogen-bond donors (Lipinski definition) is 2. The second-order valence-electron chi connectivity index (χ2n) is 7.87. The Balaban J connectivity index is 0.000000360. The van der Waals surface area contributed by atoms with Crippen molar-refractivity contribution in [2.75, 3.05) is 33.4 Å². The van der Waals surface area contributed by atoms with Crippen molar-refractivity contribution in [3.63, 3.8) is 0 Å². The number of rotatable bonds is 6. The second-order valence-corrected chi connectivity index (χ2v) is 7.87. The number of carboxylic acids is 1. The molecule has 2 N–H and O–H groups in total. The van der Waals surface area contributed by atoms with Gasteiger partial charge in [0.2, 0.25) is 0 Å². The van der Waals surface area contributed by atoms with E-state index < -0.39 is 12.1 Å². The van der Waals surface area contributed by atoms with E-state index in [9.17, 15) is 18.0 Å². The Morgan fingerprint density at radius 2 is 1.78 bits per heavy atom. The molecule has 2 heterocycles. The first-order valence-electron chi connectivity index (χ1n) is 10.6. The Kier molecular flexibility index (Phi) is 7.65. The van der Waals surface area contributed by atoms with Gasteiger partial charge in [-0.2, -0.15) is 13.2 Å². The lowest BCUT2D eigenvalue weighted by Gasteiger charge is -2.16. The molecule has 0 spiro atoms. The summed E-state index contributed by atoms with van der Waals surface area (Å²) in [6, 6.07) is 3.94. The third kappa shape index (κ3) is 5.73. The van der Waals surface area contributed by atoms with E-state index in [4.69, 9.17) is 19.4 Å². The average molecular weight is 456 g/mol. The summed E-state index contributed by atoms with van der Waals surface area (Å²) in [6.07, 6.45) is 1.44. The van der Waals surface area contributed by atoms with Gasteiger partial charge in [-0.1, -0.05) is 0 Å². The summed E-state index contributed by atoms with van der Waals surface area (Å²) >= 11 is 0. The van der Waals surface area contributed by atoms with Crippen LogP contribution in [0.25, 0.3) is 10.9 Å². The number of aromatic amines is 1. The summed E-state index contributed by atoms with van der Waals surface area (Å²) < 4.78 is 43.3. The molecule has 1 aromatic carbocycles. The maximum atomic E-state index is 12.3. The van der Waals surface area contributed by atoms with E-state index in [1.165, 1.54) is 31.5 Å². The summed E-state index contributed by atoms with van der Waals surface area (Å²) in [4.78, 5) is 26.7. The zero-order valence-corrected chi connectivity index (χ0v) is 17.9. The molecule has 176 valence electrons. The topological polar surface area (TPSA) is 91.9 Å². The van der Waals surface area contributed by atoms with Gasteiger partial charge in [0.05, 0.1) is 19.2 Å². The number of aliphatic carboxylic acids is 1. The van der Waals surface area contributed by atoms with Crippen molar-refractivity contribution in [2.45, 2.75) is 44.7 Å². The van der Waals surface area contributed by atoms with Crippen LogP contribution in [0.5, 0.6) is 11.5 Å². The summed E-state index contributed by atoms with van der Waals surface area (Å²) in [6.45, 7) is 4.17. The van der Waals surface area contributed by atoms with Crippen LogP contribution in [-0.4, -0.2) is 60.5 Å². The fourth-order valence-corrected chi connectivity index (χ4v) is 4.15. The van der Waals surface area contributed by atoms with Crippen molar-refractivity contribution in [1.29, 1.82) is 0 Å². The van der Waals surface area contributed by atoms with Crippen molar-refractivity contribution in [2.24, 2.45) is 0 Å². The molecule has 0 radical (unpaired) electrons. The Morgan fingerprint density at radius 3 is 2.41 bits per heavy atom. The second kappa shape index (κ2) is 10.2. The van der Waals surface area contributed by atoms with E-state index in [-0.39, 0.29) is 5.56 Å². The minimum atomic E-state index is -5.08. The van der Waals surface area contributed by atoms with Crippen LogP contribution in [0.3, 0.4) is 0 Å². The van der Waals surface area contributed by atoms with Gasteiger partial charge in [-0.3, -0.25) is 4.79 Å². The maximum Gasteiger partial charge on any atom is 0.490 e. The fourth-order valence-electron chi connectivity index (χ4n) is 4.15. The van der Waals surface area contributed by atoms with Crippen molar-refractivity contribution < 1.29 is 32.5 Å². The van der Waals surface area contributed by atoms with Crippen LogP contribution in [0.2, 0.25) is 0 Å². The largest absolute Gasteiger partial charge is 0.493 e. The van der Waals surface area contributed by atoms with E-state index in [1.807, 2.05) is 12.1 Å². The number of fused-ring (bicyclic) bond motifs is 3. The first-order valence-corrected chi connectivity index (χ1v) is 10.6. The molecule has 1 fully saturated rings. The summed E-state index contributed by atoms with van der Waals surface area (Å²) in [5.41, 5.74) is 3.01. The highest BCUT2D eigenvalue weighted by molar-refractivity contribution is 5.87. The molecule has 0 amide bonds. The zero-order valence-electron chi connectivity index (χ0n) is 17.9. The molecule has 1 saturated heterocycles. The number of nitrogens with zero attached hydrogens (tertiary/aromatic N) is 1. The predicted molar refractivity (Wildman–Crippen MR) is 113 cm³/mol. The number of likely N-dealkylation sites (tertiary alicyclic amines) is 1. The lowest BCUT2D eigenvalue weighted by atomic mass is 10.0. The van der Waals surface area contributed by atoms with Crippen LogP contribution < -0.4 is 15.0 Å². The Labute approximate surface area is 183 Å². The SMILES string of the molecule is COc1cc2c3c(c(=O)[nH]c2cc1OCCCN1CCCC1)CCC3.O=C(O)C(F)(F)F. The lowest BCUT2D eigenvalue weighted by Crippen LogP contribution is -2.22. The van der Waals surface area contributed by atoms with Gasteiger partial charge in [-0.15, -0.1) is 0 Å². The van der Waals surface area contributed by atoms with Crippen molar-refractivity contribution in [3.8, 4) is 11.5 Å². The maximum absolute atomic E-state index is 12.3. The zero-order chi connectivity index (χ0) is 23.3. The van der Waals surface area contributed by atoms with Crippen molar-refractivity contribution >= 4 is 16.9 Å². The van der Waals surface area contributed by atoms with Crippen molar-refractivity contribution in [3.05, 3.63) is 33.6 Å². The standard InChI is InChI=1S/C20H26N2O3.C2HF3O2/c1-24-18-12-16-14-6-4-7-15(14)20(23)21-17(16)13-19(18)25-11-5-10-22-8-2-3-9-22;3-2(4,5)1(6)7/h12-13H,2-11H2,1H3,(H,21,23);(H,6,7). The number of halogens is 3. The van der Waals surface area contributed by atoms with Gasteiger partial charge >= 0.3 is 12.1 Å². The van der Waals surface area contributed by atoms with Gasteiger partial charge in [0.25, 0.3) is 5.56 Å². The molecular weight excluding hydrogens is 429 g/mol. The summed E-state index contributed by atoms with van der Waals surface area (Å²) in [5.74, 6) is -1.30. The normalized spacial score (nSPS) is 15.9. The fraction of sp³-hybridized carbons (Fsp3) is 0.545. The Hall–Kier alpha value is -2.75. The van der Waals surface area contributed by atoms with Gasteiger partial charge in [0.1, 0.15) is 0 Å². The molecule has 32 heavy (non-hydrogen) atoms. The van der Waals surface area contributed by atoms with E-state index in [0.717, 1.165) is 54.4 Å². The Bertz CT molecular complexity index is 1010. The third-order valence-electron chi connectivity index (χ3n) is 5.69. The van der Waals surface area contributed by atoms with Crippen LogP contribution in [0.1, 0.15) is 36.8 Å². The first kappa shape index (κ1) is 23.9. The number of aromatic nitrogens is 1. The lowest BCUT2D eigenvalue weighted by molar-refractivity contribution is -0.192. The van der Waals surface area contributed by atoms with Gasteiger partial charge < -0.3 is 24.5 Å². The van der Waals surface area contributed by atoms with Crippen molar-refractivity contribution in [1.82, 2.24) is 9.88 Å². The van der Waals surface area contributed by atoms with Crippen LogP contribution in [0.4, 0.5) is 13.2 Å². The van der Waals surface area contributed by atoms with Crippen LogP contribution in [-0.2, 0) is 17.6 Å². The number of ether oxygens (including phenoxy) is 2. The number of carboxylic acid groups (broad SMARTS) is 1. The molecule has 0 saturated carbocycles. The van der Waals surface area contributed by atoms with Gasteiger partial charge in [-0.05, 0) is 63.2 Å². The number of benzene rings is 1. The molecule has 4 rings (SSSR count). The quantitative estimate of drug-likeness (QED) is 0.647. The molecule has 10 heteroatoms. The number of carbonyl (C=O) groups is 1. The molecule has 2 aromatic rings. The number of aryl methyl sites for hydroxylation is 1. The molecule has 2 aliphatic rings. The highest BCUT2D eigenvalue weighted by Gasteiger charge is 2.38. The smallest absolute Gasteiger partial charge is 0.490 e. The molecule has 7 nitrogen and oxygen atoms in total. The van der Waals surface area contributed by atoms with Gasteiger partial charge in [-0.25, -0.2) is 4.79 Å². The Morgan fingerprint density at radius 1 is 1.12 bits per heavy atom. The molecule has 1 aromatic heterocycles. The number of H-pyrrole nitrogens is 1. The van der Waals surface area contributed by atoms with E-state index in [2.05, 4.69) is 9.88 Å². The number of nitrogens with one attached hydrogen (secondary N) is 1. The average Bonchev–Trinajstić information content (AvgIpc) is 3.43. The highest BCUT2D eigenvalue weighted by Crippen LogP contribution is 2.35. The molecule has 0 atom stereocenters. The predicted octanol–water partition coefficient (Wildman–Crippen LogP) is 3.52. The highest BCUT2D eigenvalue weighted by atomic mass is 19.4. The molecule has 0 bridgehead atoms. The van der Waals surface area contributed by atoms with E-state index in [0.29, 0.717) is 12.4 Å². The van der Waals surface area contributed by atoms with Crippen LogP contribution in [0, 0.1) is 0 Å². The third-order valence-corrected chi connectivity index (χ3v) is 5.69. The minimum Gasteiger partial charge on any atom is -0.493 e. The molecule has 1 aliphatic heterocycles. The minimum absolute atomic E-state index is 0.0464. The van der Waals surface area contributed by atoms with E-state index in [1.54, 1.807) is 7.11 Å². The number of pyridine rings is 1. The van der Waals surface area contributed by atoms with Crippen LogP contribution in [0.15, 0.2) is 16.9 Å². The molecular formula is C22H27F3N2O5. The monoisotopic (exact) mass is 456 g/mol. The summed E-state index contributed by atoms with van der Waals surface area (Å²) in [5, 5.41) is 8.22. The number of hydrogen-bond acceptors (Lipinski definition) is 5. The summed E-state index contributed by atoms with van der Waals surface area (Å²) in [7, 11) is 1.67. The first-order chi connectivity index (χ1) is 15.2. The number of alkyl halides is 3. The molecule has 1 aliphatic carbocycles. The van der Waals surface area contributed by atoms with E-state index >= 15 is 0 Å². The number of methoxy groups -OCH3 is 1. The van der Waals surface area contributed by atoms with Crippen LogP contribution >= 0.6 is 0 Å².